The van der Waals surface area contributed by atoms with Gasteiger partial charge >= 0.3 is 0 Å². The van der Waals surface area contributed by atoms with E-state index in [9.17, 15) is 0 Å². The van der Waals surface area contributed by atoms with E-state index in [2.05, 4.69) is 18.7 Å². The van der Waals surface area contributed by atoms with E-state index in [1.54, 1.807) is 0 Å². The normalized spacial score (nSPS) is 27.6. The summed E-state index contributed by atoms with van der Waals surface area (Å²) in [5.74, 6) is 0. The third-order valence-electron chi connectivity index (χ3n) is 2.53. The monoisotopic (exact) mass is 141 g/mol. The van der Waals surface area contributed by atoms with Crippen molar-refractivity contribution in [3.05, 3.63) is 0 Å². The lowest BCUT2D eigenvalue weighted by atomic mass is 10.1. The van der Waals surface area contributed by atoms with Crippen molar-refractivity contribution in [3.8, 4) is 0 Å². The van der Waals surface area contributed by atoms with Crippen LogP contribution in [0.4, 0.5) is 0 Å². The predicted molar refractivity (Wildman–Crippen MR) is 45.2 cm³/mol. The van der Waals surface area contributed by atoms with Gasteiger partial charge in [0.05, 0.1) is 0 Å². The standard InChI is InChI=1S/C9H19N/c1-3-6-9-7-5-8-10(9)4-2/h9H,3-8H2,1-2H3/t9-/m1/s1. The highest BCUT2D eigenvalue weighted by atomic mass is 15.2. The fourth-order valence-corrected chi connectivity index (χ4v) is 1.97. The molecule has 1 aliphatic rings. The summed E-state index contributed by atoms with van der Waals surface area (Å²) in [5.41, 5.74) is 0. The first-order valence-electron chi connectivity index (χ1n) is 4.62. The van der Waals surface area contributed by atoms with E-state index >= 15 is 0 Å². The van der Waals surface area contributed by atoms with Gasteiger partial charge in [-0.2, -0.15) is 0 Å². The Hall–Kier alpha value is -0.0400. The van der Waals surface area contributed by atoms with E-state index < -0.39 is 0 Å². The average Bonchev–Trinajstić information content (AvgIpc) is 2.36. The highest BCUT2D eigenvalue weighted by Crippen LogP contribution is 2.20. The molecule has 10 heavy (non-hydrogen) atoms. The van der Waals surface area contributed by atoms with Crippen molar-refractivity contribution in [2.45, 2.75) is 45.6 Å². The molecule has 1 nitrogen and oxygen atoms in total. The summed E-state index contributed by atoms with van der Waals surface area (Å²) in [6.45, 7) is 7.16. The van der Waals surface area contributed by atoms with Gasteiger partial charge in [0.15, 0.2) is 0 Å². The molecule has 0 bridgehead atoms. The smallest absolute Gasteiger partial charge is 0.00955 e. The molecule has 0 unspecified atom stereocenters. The van der Waals surface area contributed by atoms with Gasteiger partial charge in [-0.25, -0.2) is 0 Å². The minimum absolute atomic E-state index is 0.926. The van der Waals surface area contributed by atoms with Crippen molar-refractivity contribution >= 4 is 0 Å². The Bertz CT molecular complexity index is 90.7. The molecule has 1 heterocycles. The van der Waals surface area contributed by atoms with Gasteiger partial charge in [-0.3, -0.25) is 0 Å². The van der Waals surface area contributed by atoms with Crippen molar-refractivity contribution in [1.29, 1.82) is 0 Å². The van der Waals surface area contributed by atoms with Crippen LogP contribution in [0.25, 0.3) is 0 Å². The molecule has 60 valence electrons. The Morgan fingerprint density at radius 2 is 2.20 bits per heavy atom. The van der Waals surface area contributed by atoms with Gasteiger partial charge in [-0.05, 0) is 32.4 Å². The Morgan fingerprint density at radius 3 is 2.80 bits per heavy atom. The summed E-state index contributed by atoms with van der Waals surface area (Å²) in [4.78, 5) is 2.61. The van der Waals surface area contributed by atoms with E-state index in [0.29, 0.717) is 0 Å². The third-order valence-corrected chi connectivity index (χ3v) is 2.53. The molecular formula is C9H19N. The van der Waals surface area contributed by atoms with Crippen LogP contribution in [-0.4, -0.2) is 24.0 Å². The van der Waals surface area contributed by atoms with Gasteiger partial charge in [-0.15, -0.1) is 0 Å². The van der Waals surface area contributed by atoms with Crippen LogP contribution in [0.3, 0.4) is 0 Å². The molecular weight excluding hydrogens is 122 g/mol. The Kier molecular flexibility index (Phi) is 3.20. The van der Waals surface area contributed by atoms with Crippen molar-refractivity contribution in [2.24, 2.45) is 0 Å². The first-order chi connectivity index (χ1) is 4.88. The number of rotatable bonds is 3. The molecule has 0 aromatic heterocycles. The lowest BCUT2D eigenvalue weighted by molar-refractivity contribution is 0.254. The van der Waals surface area contributed by atoms with Gasteiger partial charge in [0.25, 0.3) is 0 Å². The van der Waals surface area contributed by atoms with Gasteiger partial charge in [0, 0.05) is 6.04 Å². The van der Waals surface area contributed by atoms with Crippen molar-refractivity contribution < 1.29 is 0 Å². The summed E-state index contributed by atoms with van der Waals surface area (Å²) in [7, 11) is 0. The van der Waals surface area contributed by atoms with E-state index in [1.807, 2.05) is 0 Å². The molecule has 0 amide bonds. The Balaban J connectivity index is 2.27. The van der Waals surface area contributed by atoms with Gasteiger partial charge < -0.3 is 4.90 Å². The highest BCUT2D eigenvalue weighted by molar-refractivity contribution is 4.77. The molecule has 1 atom stereocenters. The molecule has 1 fully saturated rings. The summed E-state index contributed by atoms with van der Waals surface area (Å²) in [5, 5.41) is 0. The van der Waals surface area contributed by atoms with Crippen LogP contribution in [0.15, 0.2) is 0 Å². The Morgan fingerprint density at radius 1 is 1.40 bits per heavy atom. The summed E-state index contributed by atoms with van der Waals surface area (Å²) < 4.78 is 0. The molecule has 0 N–H and O–H groups in total. The summed E-state index contributed by atoms with van der Waals surface area (Å²) >= 11 is 0. The van der Waals surface area contributed by atoms with Gasteiger partial charge in [-0.1, -0.05) is 20.3 Å². The molecule has 0 saturated carbocycles. The number of nitrogens with zero attached hydrogens (tertiary/aromatic N) is 1. The molecule has 0 aromatic carbocycles. The van der Waals surface area contributed by atoms with Crippen molar-refractivity contribution in [2.75, 3.05) is 13.1 Å². The van der Waals surface area contributed by atoms with Crippen LogP contribution in [-0.2, 0) is 0 Å². The minimum Gasteiger partial charge on any atom is -0.301 e. The van der Waals surface area contributed by atoms with Crippen LogP contribution in [0.2, 0.25) is 0 Å². The topological polar surface area (TPSA) is 3.24 Å². The lowest BCUT2D eigenvalue weighted by Gasteiger charge is -2.21. The molecule has 1 saturated heterocycles. The second-order valence-electron chi connectivity index (χ2n) is 3.21. The fraction of sp³-hybridized carbons (Fsp3) is 1.00. The first kappa shape index (κ1) is 8.06. The number of hydrogen-bond donors (Lipinski definition) is 0. The average molecular weight is 141 g/mol. The van der Waals surface area contributed by atoms with Gasteiger partial charge in [0.2, 0.25) is 0 Å². The molecule has 1 rings (SSSR count). The molecule has 0 aliphatic carbocycles. The minimum atomic E-state index is 0.926. The maximum Gasteiger partial charge on any atom is 0.00955 e. The van der Waals surface area contributed by atoms with Crippen molar-refractivity contribution in [1.82, 2.24) is 4.90 Å². The maximum absolute atomic E-state index is 2.61. The quantitative estimate of drug-likeness (QED) is 0.583. The zero-order chi connectivity index (χ0) is 7.40. The second-order valence-corrected chi connectivity index (χ2v) is 3.21. The lowest BCUT2D eigenvalue weighted by Crippen LogP contribution is -2.28. The molecule has 0 radical (unpaired) electrons. The summed E-state index contributed by atoms with van der Waals surface area (Å²) in [6, 6.07) is 0.926. The van der Waals surface area contributed by atoms with Crippen LogP contribution in [0.1, 0.15) is 39.5 Å². The zero-order valence-corrected chi connectivity index (χ0v) is 7.27. The van der Waals surface area contributed by atoms with Crippen molar-refractivity contribution in [3.63, 3.8) is 0 Å². The SMILES string of the molecule is CCC[C@@H]1CCCN1CC. The van der Waals surface area contributed by atoms with Gasteiger partial charge in [0.1, 0.15) is 0 Å². The third kappa shape index (κ3) is 1.72. The number of likely N-dealkylation sites (tertiary alicyclic amines) is 1. The van der Waals surface area contributed by atoms with Crippen LogP contribution < -0.4 is 0 Å². The second kappa shape index (κ2) is 3.97. The van der Waals surface area contributed by atoms with Crippen LogP contribution in [0, 0.1) is 0 Å². The number of hydrogen-bond acceptors (Lipinski definition) is 1. The summed E-state index contributed by atoms with van der Waals surface area (Å²) in [6.07, 6.45) is 5.63. The van der Waals surface area contributed by atoms with Crippen LogP contribution >= 0.6 is 0 Å². The molecule has 0 spiro atoms. The fourth-order valence-electron chi connectivity index (χ4n) is 1.97. The van der Waals surface area contributed by atoms with E-state index in [0.717, 1.165) is 6.04 Å². The molecule has 1 aliphatic heterocycles. The van der Waals surface area contributed by atoms with E-state index in [-0.39, 0.29) is 0 Å². The zero-order valence-electron chi connectivity index (χ0n) is 7.27. The maximum atomic E-state index is 2.61. The predicted octanol–water partition coefficient (Wildman–Crippen LogP) is 2.27. The van der Waals surface area contributed by atoms with Crippen LogP contribution in [0.5, 0.6) is 0 Å². The van der Waals surface area contributed by atoms with E-state index in [1.165, 1.54) is 38.8 Å². The largest absolute Gasteiger partial charge is 0.301 e. The molecule has 0 aromatic rings. The van der Waals surface area contributed by atoms with E-state index in [4.69, 9.17) is 0 Å². The highest BCUT2D eigenvalue weighted by Gasteiger charge is 2.21. The first-order valence-corrected chi connectivity index (χ1v) is 4.62. The molecule has 1 heteroatoms. The Labute approximate surface area is 64.4 Å².